The number of hydrogen-bond donors (Lipinski definition) is 1. The van der Waals surface area contributed by atoms with Crippen LogP contribution in [0.2, 0.25) is 0 Å². The Kier molecular flexibility index (Phi) is 9.09. The minimum Gasteiger partial charge on any atom is -0.459 e. The predicted molar refractivity (Wildman–Crippen MR) is 162 cm³/mol. The first kappa shape index (κ1) is 29.8. The Balaban J connectivity index is 1.82. The second-order valence-electron chi connectivity index (χ2n) is 11.5. The molecule has 0 heterocycles. The van der Waals surface area contributed by atoms with Gasteiger partial charge < -0.3 is 9.57 Å². The molecular formula is C36H39NO4. The van der Waals surface area contributed by atoms with Gasteiger partial charge in [-0.25, -0.2) is 4.79 Å². The van der Waals surface area contributed by atoms with Gasteiger partial charge in [0.05, 0.1) is 5.41 Å². The molecule has 41 heavy (non-hydrogen) atoms. The highest BCUT2D eigenvalue weighted by molar-refractivity contribution is 5.95. The van der Waals surface area contributed by atoms with Gasteiger partial charge in [-0.1, -0.05) is 103 Å². The Morgan fingerprint density at radius 1 is 0.683 bits per heavy atom. The molecule has 0 aliphatic heterocycles. The van der Waals surface area contributed by atoms with Crippen LogP contribution in [0.1, 0.15) is 66.1 Å². The van der Waals surface area contributed by atoms with Gasteiger partial charge in [0.2, 0.25) is 0 Å². The van der Waals surface area contributed by atoms with E-state index in [0.717, 1.165) is 22.3 Å². The highest BCUT2D eigenvalue weighted by atomic mass is 16.7. The summed E-state index contributed by atoms with van der Waals surface area (Å²) in [6, 6.07) is 36.2. The summed E-state index contributed by atoms with van der Waals surface area (Å²) in [5.41, 5.74) is 6.60. The molecule has 4 aromatic rings. The molecule has 0 bridgehead atoms. The maximum Gasteiger partial charge on any atom is 0.338 e. The van der Waals surface area contributed by atoms with E-state index in [-0.39, 0.29) is 6.42 Å². The average molecular weight is 550 g/mol. The van der Waals surface area contributed by atoms with Crippen LogP contribution in [-0.2, 0) is 31.0 Å². The number of carbonyl (C=O) groups is 2. The SMILES string of the molecule is Cc1cc(C(c2ccccc2)(c2ccccc2)c2ccccc2)cc(C)c1CC[C@H](C(=O)ON)C(=O)OC(C)(C)C. The molecule has 0 fully saturated rings. The van der Waals surface area contributed by atoms with Gasteiger partial charge in [-0.05, 0) is 86.4 Å². The van der Waals surface area contributed by atoms with Crippen LogP contribution in [0.3, 0.4) is 0 Å². The Morgan fingerprint density at radius 2 is 1.10 bits per heavy atom. The summed E-state index contributed by atoms with van der Waals surface area (Å²) in [6.45, 7) is 9.46. The zero-order chi connectivity index (χ0) is 29.6. The summed E-state index contributed by atoms with van der Waals surface area (Å²) in [6.07, 6.45) is 0.721. The zero-order valence-electron chi connectivity index (χ0n) is 24.5. The quantitative estimate of drug-likeness (QED) is 0.105. The van der Waals surface area contributed by atoms with Gasteiger partial charge in [0.15, 0.2) is 5.92 Å². The Hall–Kier alpha value is -4.22. The summed E-state index contributed by atoms with van der Waals surface area (Å²) < 4.78 is 5.49. The van der Waals surface area contributed by atoms with Crippen molar-refractivity contribution in [3.05, 3.63) is 142 Å². The van der Waals surface area contributed by atoms with Gasteiger partial charge in [0.25, 0.3) is 0 Å². The van der Waals surface area contributed by atoms with Crippen molar-refractivity contribution in [3.8, 4) is 0 Å². The number of hydrogen-bond acceptors (Lipinski definition) is 5. The van der Waals surface area contributed by atoms with Crippen LogP contribution in [-0.4, -0.2) is 17.5 Å². The molecule has 5 nitrogen and oxygen atoms in total. The Morgan fingerprint density at radius 3 is 1.46 bits per heavy atom. The van der Waals surface area contributed by atoms with E-state index in [1.807, 2.05) is 18.2 Å². The third kappa shape index (κ3) is 6.41. The lowest BCUT2D eigenvalue weighted by molar-refractivity contribution is -0.169. The second-order valence-corrected chi connectivity index (χ2v) is 11.5. The first-order valence-corrected chi connectivity index (χ1v) is 14.0. The number of benzene rings is 4. The first-order valence-electron chi connectivity index (χ1n) is 14.0. The minimum atomic E-state index is -1.10. The monoisotopic (exact) mass is 549 g/mol. The fourth-order valence-corrected chi connectivity index (χ4v) is 5.74. The number of esters is 1. The number of ether oxygens (including phenoxy) is 1. The predicted octanol–water partition coefficient (Wildman–Crippen LogP) is 6.99. The molecule has 0 aromatic heterocycles. The summed E-state index contributed by atoms with van der Waals surface area (Å²) in [5, 5.41) is 0. The lowest BCUT2D eigenvalue weighted by Gasteiger charge is -2.37. The van der Waals surface area contributed by atoms with E-state index >= 15 is 0 Å². The van der Waals surface area contributed by atoms with E-state index < -0.39 is 28.9 Å². The summed E-state index contributed by atoms with van der Waals surface area (Å²) in [7, 11) is 0. The molecule has 2 N–H and O–H groups in total. The van der Waals surface area contributed by atoms with Crippen LogP contribution in [0.4, 0.5) is 0 Å². The van der Waals surface area contributed by atoms with Gasteiger partial charge in [-0.15, -0.1) is 0 Å². The molecular weight excluding hydrogens is 510 g/mol. The van der Waals surface area contributed by atoms with E-state index in [1.165, 1.54) is 16.7 Å². The lowest BCUT2D eigenvalue weighted by Crippen LogP contribution is -2.35. The molecule has 0 saturated carbocycles. The molecule has 0 unspecified atom stereocenters. The molecule has 5 heteroatoms. The third-order valence-electron chi connectivity index (χ3n) is 7.52. The third-order valence-corrected chi connectivity index (χ3v) is 7.52. The van der Waals surface area contributed by atoms with Crippen molar-refractivity contribution in [3.63, 3.8) is 0 Å². The maximum atomic E-state index is 12.8. The standard InChI is InChI=1S/C36H39NO4/c1-25-23-30(24-26(2)31(25)21-22-32(34(39)41-37)33(38)40-35(3,4)5)36(27-15-9-6-10-16-27,28-17-11-7-12-18-28)29-19-13-8-14-20-29/h6-20,23-24,32H,21-22,37H2,1-5H3/t32-/m0/s1. The van der Waals surface area contributed by atoms with Gasteiger partial charge in [-0.3, -0.25) is 4.79 Å². The van der Waals surface area contributed by atoms with Crippen LogP contribution in [0.15, 0.2) is 103 Å². The summed E-state index contributed by atoms with van der Waals surface area (Å²) in [4.78, 5) is 29.7. The molecule has 0 amide bonds. The molecule has 0 aliphatic carbocycles. The molecule has 1 atom stereocenters. The summed E-state index contributed by atoms with van der Waals surface area (Å²) in [5.74, 6) is 2.66. The van der Waals surface area contributed by atoms with Crippen LogP contribution < -0.4 is 5.90 Å². The fourth-order valence-electron chi connectivity index (χ4n) is 5.74. The minimum absolute atomic E-state index is 0.229. The van der Waals surface area contributed by atoms with Crippen molar-refractivity contribution in [1.29, 1.82) is 0 Å². The highest BCUT2D eigenvalue weighted by Gasteiger charge is 2.39. The lowest BCUT2D eigenvalue weighted by atomic mass is 9.64. The van der Waals surface area contributed by atoms with Crippen molar-refractivity contribution in [2.45, 2.75) is 58.5 Å². The normalized spacial score (nSPS) is 12.4. The van der Waals surface area contributed by atoms with E-state index in [9.17, 15) is 9.59 Å². The Labute approximate surface area is 243 Å². The average Bonchev–Trinajstić information content (AvgIpc) is 2.95. The van der Waals surface area contributed by atoms with Crippen LogP contribution in [0.5, 0.6) is 0 Å². The second kappa shape index (κ2) is 12.5. The number of nitrogens with two attached hydrogens (primary N) is 1. The van der Waals surface area contributed by atoms with Gasteiger partial charge >= 0.3 is 11.9 Å². The van der Waals surface area contributed by atoms with Crippen LogP contribution in [0, 0.1) is 19.8 Å². The van der Waals surface area contributed by atoms with Crippen LogP contribution in [0.25, 0.3) is 0 Å². The molecule has 4 aromatic carbocycles. The molecule has 0 aliphatic rings. The van der Waals surface area contributed by atoms with Gasteiger partial charge in [0, 0.05) is 0 Å². The van der Waals surface area contributed by atoms with Crippen molar-refractivity contribution in [2.75, 3.05) is 0 Å². The van der Waals surface area contributed by atoms with E-state index in [1.54, 1.807) is 20.8 Å². The zero-order valence-corrected chi connectivity index (χ0v) is 24.5. The molecule has 0 saturated heterocycles. The smallest absolute Gasteiger partial charge is 0.338 e. The highest BCUT2D eigenvalue weighted by Crippen LogP contribution is 2.46. The van der Waals surface area contributed by atoms with Gasteiger partial charge in [-0.2, -0.15) is 5.90 Å². The maximum absolute atomic E-state index is 12.8. The fraction of sp³-hybridized carbons (Fsp3) is 0.278. The Bertz CT molecular complexity index is 1360. The number of carbonyl (C=O) groups excluding carboxylic acids is 2. The van der Waals surface area contributed by atoms with E-state index in [2.05, 4.69) is 104 Å². The largest absolute Gasteiger partial charge is 0.459 e. The van der Waals surface area contributed by atoms with Crippen molar-refractivity contribution < 1.29 is 19.2 Å². The molecule has 0 radical (unpaired) electrons. The molecule has 0 spiro atoms. The topological polar surface area (TPSA) is 78.6 Å². The van der Waals surface area contributed by atoms with Crippen molar-refractivity contribution >= 4 is 11.9 Å². The van der Waals surface area contributed by atoms with Crippen molar-refractivity contribution in [1.82, 2.24) is 0 Å². The van der Waals surface area contributed by atoms with Gasteiger partial charge in [0.1, 0.15) is 5.60 Å². The van der Waals surface area contributed by atoms with E-state index in [0.29, 0.717) is 6.42 Å². The number of aryl methyl sites for hydroxylation is 2. The molecule has 212 valence electrons. The van der Waals surface area contributed by atoms with E-state index in [4.69, 9.17) is 10.6 Å². The van der Waals surface area contributed by atoms with Crippen LogP contribution >= 0.6 is 0 Å². The van der Waals surface area contributed by atoms with Crippen molar-refractivity contribution in [2.24, 2.45) is 11.8 Å². The number of rotatable bonds is 9. The first-order chi connectivity index (χ1) is 19.6. The summed E-state index contributed by atoms with van der Waals surface area (Å²) >= 11 is 0. The molecule has 4 rings (SSSR count).